The van der Waals surface area contributed by atoms with E-state index < -0.39 is 6.10 Å². The molecule has 0 aliphatic heterocycles. The molecule has 0 saturated carbocycles. The number of aliphatic imine (C=N–C) groups is 1. The Hall–Kier alpha value is -2.40. The summed E-state index contributed by atoms with van der Waals surface area (Å²) in [7, 11) is 0. The molecule has 26 heavy (non-hydrogen) atoms. The van der Waals surface area contributed by atoms with Crippen molar-refractivity contribution in [3.05, 3.63) is 71.5 Å². The van der Waals surface area contributed by atoms with Gasteiger partial charge in [-0.3, -0.25) is 4.99 Å². The highest BCUT2D eigenvalue weighted by molar-refractivity contribution is 5.80. The summed E-state index contributed by atoms with van der Waals surface area (Å²) in [6.07, 6.45) is 1.22. The predicted molar refractivity (Wildman–Crippen MR) is 105 cm³/mol. The second kappa shape index (κ2) is 10.6. The van der Waals surface area contributed by atoms with Gasteiger partial charge in [-0.2, -0.15) is 0 Å². The maximum absolute atomic E-state index is 13.0. The molecule has 0 heterocycles. The summed E-state index contributed by atoms with van der Waals surface area (Å²) in [6.45, 7) is 5.07. The Labute approximate surface area is 155 Å². The first-order valence-corrected chi connectivity index (χ1v) is 9.10. The molecule has 0 amide bonds. The third-order valence-electron chi connectivity index (χ3n) is 4.11. The number of aliphatic hydroxyl groups excluding tert-OH is 1. The Kier molecular flexibility index (Phi) is 8.09. The molecule has 0 saturated heterocycles. The molecule has 0 aliphatic rings. The van der Waals surface area contributed by atoms with Gasteiger partial charge in [-0.1, -0.05) is 42.5 Å². The first-order valence-electron chi connectivity index (χ1n) is 9.10. The maximum Gasteiger partial charge on any atom is 0.191 e. The molecule has 140 valence electrons. The lowest BCUT2D eigenvalue weighted by Crippen LogP contribution is -2.42. The minimum absolute atomic E-state index is 0.215. The molecule has 2 aromatic carbocycles. The number of benzene rings is 2. The van der Waals surface area contributed by atoms with Crippen LogP contribution in [-0.2, 0) is 6.42 Å². The molecule has 4 nitrogen and oxygen atoms in total. The Morgan fingerprint density at radius 3 is 2.46 bits per heavy atom. The minimum Gasteiger partial charge on any atom is -0.386 e. The molecular formula is C21H28FN3O. The number of nitrogens with one attached hydrogen (secondary N) is 2. The van der Waals surface area contributed by atoms with E-state index in [2.05, 4.69) is 46.8 Å². The summed E-state index contributed by atoms with van der Waals surface area (Å²) in [5, 5.41) is 16.8. The number of nitrogens with zero attached hydrogens (tertiary/aromatic N) is 1. The molecule has 5 heteroatoms. The van der Waals surface area contributed by atoms with E-state index in [-0.39, 0.29) is 18.4 Å². The molecular weight excluding hydrogens is 329 g/mol. The van der Waals surface area contributed by atoms with E-state index in [1.165, 1.54) is 17.7 Å². The lowest BCUT2D eigenvalue weighted by Gasteiger charge is -2.18. The highest BCUT2D eigenvalue weighted by Crippen LogP contribution is 2.13. The summed E-state index contributed by atoms with van der Waals surface area (Å²) >= 11 is 0. The average Bonchev–Trinajstić information content (AvgIpc) is 2.66. The number of aryl methyl sites for hydroxylation is 1. The molecule has 0 spiro atoms. The SMILES string of the molecule is CCNC(=NCC(O)c1ccc(F)cc1)NC(C)CCc1ccccc1. The first-order chi connectivity index (χ1) is 12.6. The smallest absolute Gasteiger partial charge is 0.191 e. The van der Waals surface area contributed by atoms with Crippen LogP contribution in [0.1, 0.15) is 37.5 Å². The van der Waals surface area contributed by atoms with Crippen LogP contribution < -0.4 is 10.6 Å². The zero-order chi connectivity index (χ0) is 18.8. The topological polar surface area (TPSA) is 56.7 Å². The highest BCUT2D eigenvalue weighted by atomic mass is 19.1. The normalized spacial score (nSPS) is 13.9. The van der Waals surface area contributed by atoms with Crippen LogP contribution in [-0.4, -0.2) is 30.2 Å². The minimum atomic E-state index is -0.759. The van der Waals surface area contributed by atoms with Gasteiger partial charge in [-0.15, -0.1) is 0 Å². The molecule has 2 atom stereocenters. The van der Waals surface area contributed by atoms with Gasteiger partial charge in [0.25, 0.3) is 0 Å². The molecule has 0 radical (unpaired) electrons. The number of hydrogen-bond donors (Lipinski definition) is 3. The highest BCUT2D eigenvalue weighted by Gasteiger charge is 2.09. The molecule has 0 aromatic heterocycles. The van der Waals surface area contributed by atoms with Crippen LogP contribution in [0.15, 0.2) is 59.6 Å². The lowest BCUT2D eigenvalue weighted by molar-refractivity contribution is 0.187. The number of halogens is 1. The fourth-order valence-electron chi connectivity index (χ4n) is 2.62. The number of hydrogen-bond acceptors (Lipinski definition) is 2. The Bertz CT molecular complexity index is 673. The Morgan fingerprint density at radius 1 is 1.12 bits per heavy atom. The quantitative estimate of drug-likeness (QED) is 0.501. The summed E-state index contributed by atoms with van der Waals surface area (Å²) in [5.41, 5.74) is 1.97. The van der Waals surface area contributed by atoms with Crippen LogP contribution >= 0.6 is 0 Å². The molecule has 2 aromatic rings. The Morgan fingerprint density at radius 2 is 1.81 bits per heavy atom. The van der Waals surface area contributed by atoms with Gasteiger partial charge in [0.05, 0.1) is 12.6 Å². The third-order valence-corrected chi connectivity index (χ3v) is 4.11. The fourth-order valence-corrected chi connectivity index (χ4v) is 2.62. The zero-order valence-electron chi connectivity index (χ0n) is 15.5. The van der Waals surface area contributed by atoms with Crippen molar-refractivity contribution in [3.63, 3.8) is 0 Å². The molecule has 2 unspecified atom stereocenters. The van der Waals surface area contributed by atoms with E-state index in [0.29, 0.717) is 11.5 Å². The van der Waals surface area contributed by atoms with Crippen molar-refractivity contribution in [2.75, 3.05) is 13.1 Å². The van der Waals surface area contributed by atoms with E-state index in [1.807, 2.05) is 13.0 Å². The van der Waals surface area contributed by atoms with Crippen LogP contribution in [0.3, 0.4) is 0 Å². The lowest BCUT2D eigenvalue weighted by atomic mass is 10.1. The molecule has 0 bridgehead atoms. The largest absolute Gasteiger partial charge is 0.386 e. The van der Waals surface area contributed by atoms with Gasteiger partial charge in [0, 0.05) is 12.6 Å². The summed E-state index contributed by atoms with van der Waals surface area (Å²) < 4.78 is 13.0. The van der Waals surface area contributed by atoms with E-state index in [0.717, 1.165) is 19.4 Å². The summed E-state index contributed by atoms with van der Waals surface area (Å²) in [5.74, 6) is 0.362. The van der Waals surface area contributed by atoms with Crippen molar-refractivity contribution < 1.29 is 9.50 Å². The van der Waals surface area contributed by atoms with Gasteiger partial charge < -0.3 is 15.7 Å². The van der Waals surface area contributed by atoms with Gasteiger partial charge in [0.15, 0.2) is 5.96 Å². The van der Waals surface area contributed by atoms with Crippen molar-refractivity contribution in [2.24, 2.45) is 4.99 Å². The summed E-state index contributed by atoms with van der Waals surface area (Å²) in [4.78, 5) is 4.46. The number of rotatable bonds is 8. The van der Waals surface area contributed by atoms with Gasteiger partial charge in [-0.25, -0.2) is 4.39 Å². The van der Waals surface area contributed by atoms with E-state index in [9.17, 15) is 9.50 Å². The number of aliphatic hydroxyl groups is 1. The van der Waals surface area contributed by atoms with E-state index in [4.69, 9.17) is 0 Å². The zero-order valence-corrected chi connectivity index (χ0v) is 15.5. The summed E-state index contributed by atoms with van der Waals surface area (Å²) in [6, 6.07) is 16.5. The van der Waals surface area contributed by atoms with Crippen molar-refractivity contribution in [2.45, 2.75) is 38.8 Å². The standard InChI is InChI=1S/C21H28FN3O/c1-3-23-21(24-15-20(26)18-11-13-19(22)14-12-18)25-16(2)9-10-17-7-5-4-6-8-17/h4-8,11-14,16,20,26H,3,9-10,15H2,1-2H3,(H2,23,24,25). The third kappa shape index (κ3) is 6.84. The van der Waals surface area contributed by atoms with Crippen molar-refractivity contribution in [1.29, 1.82) is 0 Å². The number of guanidine groups is 1. The average molecular weight is 357 g/mol. The molecule has 3 N–H and O–H groups in total. The Balaban J connectivity index is 1.87. The fraction of sp³-hybridized carbons (Fsp3) is 0.381. The van der Waals surface area contributed by atoms with Crippen LogP contribution in [0.4, 0.5) is 4.39 Å². The van der Waals surface area contributed by atoms with E-state index in [1.54, 1.807) is 12.1 Å². The van der Waals surface area contributed by atoms with E-state index >= 15 is 0 Å². The van der Waals surface area contributed by atoms with Gasteiger partial charge in [0.1, 0.15) is 5.82 Å². The van der Waals surface area contributed by atoms with Gasteiger partial charge >= 0.3 is 0 Å². The monoisotopic (exact) mass is 357 g/mol. The van der Waals surface area contributed by atoms with Crippen LogP contribution in [0.25, 0.3) is 0 Å². The van der Waals surface area contributed by atoms with Gasteiger partial charge in [0.2, 0.25) is 0 Å². The van der Waals surface area contributed by atoms with Crippen LogP contribution in [0, 0.1) is 5.82 Å². The second-order valence-electron chi connectivity index (χ2n) is 6.36. The van der Waals surface area contributed by atoms with Crippen LogP contribution in [0.2, 0.25) is 0 Å². The van der Waals surface area contributed by atoms with Gasteiger partial charge in [-0.05, 0) is 49.9 Å². The molecule has 0 fully saturated rings. The van der Waals surface area contributed by atoms with Crippen LogP contribution in [0.5, 0.6) is 0 Å². The first kappa shape index (κ1) is 19.9. The van der Waals surface area contributed by atoms with Crippen molar-refractivity contribution in [3.8, 4) is 0 Å². The van der Waals surface area contributed by atoms with Crippen molar-refractivity contribution in [1.82, 2.24) is 10.6 Å². The second-order valence-corrected chi connectivity index (χ2v) is 6.36. The predicted octanol–water partition coefficient (Wildman–Crippen LogP) is 3.44. The molecule has 2 rings (SSSR count). The maximum atomic E-state index is 13.0. The van der Waals surface area contributed by atoms with Crippen molar-refractivity contribution >= 4 is 5.96 Å². The molecule has 0 aliphatic carbocycles.